The molecule has 1 saturated heterocycles. The van der Waals surface area contributed by atoms with Gasteiger partial charge in [0.05, 0.1) is 30.9 Å². The van der Waals surface area contributed by atoms with E-state index < -0.39 is 11.9 Å². The molecule has 1 N–H and O–H groups in total. The summed E-state index contributed by atoms with van der Waals surface area (Å²) in [6.45, 7) is 5.74. The first-order valence-electron chi connectivity index (χ1n) is 7.61. The van der Waals surface area contributed by atoms with Crippen molar-refractivity contribution in [1.29, 1.82) is 0 Å². The van der Waals surface area contributed by atoms with Gasteiger partial charge >= 0.3 is 5.97 Å². The van der Waals surface area contributed by atoms with Crippen LogP contribution in [0.5, 0.6) is 0 Å². The van der Waals surface area contributed by atoms with Crippen molar-refractivity contribution in [2.45, 2.75) is 45.3 Å². The molecule has 1 aliphatic rings. The van der Waals surface area contributed by atoms with Crippen molar-refractivity contribution in [2.24, 2.45) is 5.92 Å². The molecule has 2 atom stereocenters. The summed E-state index contributed by atoms with van der Waals surface area (Å²) in [5.41, 5.74) is 0.973. The Bertz CT molecular complexity index is 470. The molecule has 0 aromatic carbocycles. The number of aliphatic carboxylic acids is 1. The van der Waals surface area contributed by atoms with Crippen molar-refractivity contribution in [3.8, 4) is 0 Å². The quantitative estimate of drug-likeness (QED) is 0.830. The van der Waals surface area contributed by atoms with E-state index in [0.717, 1.165) is 18.5 Å². The van der Waals surface area contributed by atoms with Gasteiger partial charge in [0.15, 0.2) is 0 Å². The molecule has 21 heavy (non-hydrogen) atoms. The summed E-state index contributed by atoms with van der Waals surface area (Å²) in [4.78, 5) is 13.2. The molecule has 6 heteroatoms. The SMILES string of the molecule is CCC(CC)n1ccc(CN(C)C2COCC2C(=O)O)n1. The third-order valence-corrected chi connectivity index (χ3v) is 4.33. The van der Waals surface area contributed by atoms with Crippen LogP contribution >= 0.6 is 0 Å². The van der Waals surface area contributed by atoms with Crippen LogP contribution in [-0.4, -0.2) is 52.1 Å². The van der Waals surface area contributed by atoms with Crippen molar-refractivity contribution in [3.05, 3.63) is 18.0 Å². The van der Waals surface area contributed by atoms with Crippen molar-refractivity contribution in [3.63, 3.8) is 0 Å². The lowest BCUT2D eigenvalue weighted by Gasteiger charge is -2.25. The molecule has 1 fully saturated rings. The predicted molar refractivity (Wildman–Crippen MR) is 79.0 cm³/mol. The summed E-state index contributed by atoms with van der Waals surface area (Å²) in [5.74, 6) is -1.23. The number of rotatable bonds is 7. The van der Waals surface area contributed by atoms with Gasteiger partial charge in [-0.1, -0.05) is 13.8 Å². The minimum absolute atomic E-state index is 0.0826. The zero-order valence-corrected chi connectivity index (χ0v) is 13.0. The highest BCUT2D eigenvalue weighted by molar-refractivity contribution is 5.71. The molecule has 6 nitrogen and oxygen atoms in total. The molecule has 0 aliphatic carbocycles. The maximum absolute atomic E-state index is 11.2. The first-order chi connectivity index (χ1) is 10.1. The van der Waals surface area contributed by atoms with E-state index in [1.165, 1.54) is 0 Å². The van der Waals surface area contributed by atoms with Gasteiger partial charge < -0.3 is 9.84 Å². The molecular formula is C15H25N3O3. The monoisotopic (exact) mass is 295 g/mol. The number of carbonyl (C=O) groups is 1. The van der Waals surface area contributed by atoms with Crippen molar-refractivity contribution < 1.29 is 14.6 Å². The van der Waals surface area contributed by atoms with Crippen LogP contribution in [0.3, 0.4) is 0 Å². The van der Waals surface area contributed by atoms with Gasteiger partial charge in [0.2, 0.25) is 0 Å². The number of carboxylic acid groups (broad SMARTS) is 1. The Kier molecular flexibility index (Phi) is 5.36. The number of aromatic nitrogens is 2. The fourth-order valence-corrected chi connectivity index (χ4v) is 2.91. The molecule has 1 aromatic heterocycles. The van der Waals surface area contributed by atoms with Gasteiger partial charge in [-0.3, -0.25) is 14.4 Å². The highest BCUT2D eigenvalue weighted by Crippen LogP contribution is 2.21. The molecule has 0 radical (unpaired) electrons. The van der Waals surface area contributed by atoms with Gasteiger partial charge in [0.25, 0.3) is 0 Å². The topological polar surface area (TPSA) is 67.6 Å². The van der Waals surface area contributed by atoms with Crippen LogP contribution in [0.25, 0.3) is 0 Å². The molecule has 1 aromatic rings. The standard InChI is InChI=1S/C15H25N3O3/c1-4-12(5-2)18-7-6-11(16-18)8-17(3)14-10-21-9-13(14)15(19)20/h6-7,12-14H,4-5,8-10H2,1-3H3,(H,19,20). The first kappa shape index (κ1) is 16.0. The van der Waals surface area contributed by atoms with Gasteiger partial charge in [-0.05, 0) is 26.0 Å². The third-order valence-electron chi connectivity index (χ3n) is 4.33. The number of nitrogens with zero attached hydrogens (tertiary/aromatic N) is 3. The Morgan fingerprint density at radius 1 is 1.52 bits per heavy atom. The second kappa shape index (κ2) is 7.04. The van der Waals surface area contributed by atoms with Crippen LogP contribution in [0.1, 0.15) is 38.4 Å². The smallest absolute Gasteiger partial charge is 0.310 e. The first-order valence-corrected chi connectivity index (χ1v) is 7.61. The maximum atomic E-state index is 11.2. The van der Waals surface area contributed by atoms with E-state index in [-0.39, 0.29) is 6.04 Å². The summed E-state index contributed by atoms with van der Waals surface area (Å²) in [6.07, 6.45) is 4.14. The number of likely N-dealkylation sites (N-methyl/N-ethyl adjacent to an activating group) is 1. The van der Waals surface area contributed by atoms with E-state index in [1.807, 2.05) is 28.9 Å². The van der Waals surface area contributed by atoms with E-state index in [4.69, 9.17) is 4.74 Å². The number of hydrogen-bond donors (Lipinski definition) is 1. The van der Waals surface area contributed by atoms with E-state index in [1.54, 1.807) is 0 Å². The van der Waals surface area contributed by atoms with Crippen LogP contribution in [0.4, 0.5) is 0 Å². The molecule has 0 spiro atoms. The van der Waals surface area contributed by atoms with Crippen molar-refractivity contribution >= 4 is 5.97 Å². The summed E-state index contributed by atoms with van der Waals surface area (Å²) in [6, 6.07) is 2.37. The number of carboxylic acids is 1. The molecule has 0 saturated carbocycles. The predicted octanol–water partition coefficient (Wildman–Crippen LogP) is 1.78. The second-order valence-corrected chi connectivity index (χ2v) is 5.72. The second-order valence-electron chi connectivity index (χ2n) is 5.72. The van der Waals surface area contributed by atoms with Crippen LogP contribution in [-0.2, 0) is 16.1 Å². The highest BCUT2D eigenvalue weighted by Gasteiger charge is 2.36. The van der Waals surface area contributed by atoms with Gasteiger partial charge in [-0.2, -0.15) is 5.10 Å². The molecule has 2 rings (SSSR count). The van der Waals surface area contributed by atoms with E-state index >= 15 is 0 Å². The average Bonchev–Trinajstić information content (AvgIpc) is 3.09. The van der Waals surface area contributed by atoms with E-state index in [9.17, 15) is 9.90 Å². The minimum atomic E-state index is -0.785. The number of hydrogen-bond acceptors (Lipinski definition) is 4. The molecule has 0 bridgehead atoms. The molecule has 2 unspecified atom stereocenters. The van der Waals surface area contributed by atoms with Crippen LogP contribution < -0.4 is 0 Å². The molecular weight excluding hydrogens is 270 g/mol. The fraction of sp³-hybridized carbons (Fsp3) is 0.733. The Labute approximate surface area is 125 Å². The lowest BCUT2D eigenvalue weighted by atomic mass is 10.0. The molecule has 0 amide bonds. The van der Waals surface area contributed by atoms with Crippen LogP contribution in [0, 0.1) is 5.92 Å². The fourth-order valence-electron chi connectivity index (χ4n) is 2.91. The lowest BCUT2D eigenvalue weighted by Crippen LogP contribution is -2.40. The Hall–Kier alpha value is -1.40. The average molecular weight is 295 g/mol. The van der Waals surface area contributed by atoms with Crippen molar-refractivity contribution in [2.75, 3.05) is 20.3 Å². The molecule has 118 valence electrons. The summed E-state index contributed by atoms with van der Waals surface area (Å²) < 4.78 is 7.34. The molecule has 2 heterocycles. The lowest BCUT2D eigenvalue weighted by molar-refractivity contribution is -0.143. The highest BCUT2D eigenvalue weighted by atomic mass is 16.5. The zero-order chi connectivity index (χ0) is 15.4. The van der Waals surface area contributed by atoms with Gasteiger partial charge in [-0.25, -0.2) is 0 Å². The van der Waals surface area contributed by atoms with Crippen LogP contribution in [0.15, 0.2) is 12.3 Å². The van der Waals surface area contributed by atoms with Gasteiger partial charge in [0.1, 0.15) is 0 Å². The van der Waals surface area contributed by atoms with Gasteiger partial charge in [-0.15, -0.1) is 0 Å². The Morgan fingerprint density at radius 3 is 2.86 bits per heavy atom. The summed E-state index contributed by atoms with van der Waals surface area (Å²) in [5, 5.41) is 13.8. The normalized spacial score (nSPS) is 22.3. The zero-order valence-electron chi connectivity index (χ0n) is 13.0. The molecule has 1 aliphatic heterocycles. The summed E-state index contributed by atoms with van der Waals surface area (Å²) >= 11 is 0. The Morgan fingerprint density at radius 2 is 2.24 bits per heavy atom. The number of ether oxygens (including phenoxy) is 1. The minimum Gasteiger partial charge on any atom is -0.481 e. The van der Waals surface area contributed by atoms with E-state index in [2.05, 4.69) is 18.9 Å². The van der Waals surface area contributed by atoms with Crippen molar-refractivity contribution in [1.82, 2.24) is 14.7 Å². The summed E-state index contributed by atoms with van der Waals surface area (Å²) in [7, 11) is 1.94. The van der Waals surface area contributed by atoms with Gasteiger partial charge in [0, 0.05) is 18.8 Å². The largest absolute Gasteiger partial charge is 0.481 e. The van der Waals surface area contributed by atoms with E-state index in [0.29, 0.717) is 25.8 Å². The maximum Gasteiger partial charge on any atom is 0.310 e. The Balaban J connectivity index is 1.99. The van der Waals surface area contributed by atoms with Crippen LogP contribution in [0.2, 0.25) is 0 Å². The third kappa shape index (κ3) is 3.63.